The van der Waals surface area contributed by atoms with E-state index in [1.54, 1.807) is 0 Å². The minimum atomic E-state index is -2.08. The number of ether oxygens (including phenoxy) is 2. The molecule has 0 aliphatic carbocycles. The molecule has 0 amide bonds. The Kier molecular flexibility index (Phi) is 14.8. The predicted octanol–water partition coefficient (Wildman–Crippen LogP) is -2.53. The molecule has 1 saturated heterocycles. The number of hydrogen-bond donors (Lipinski definition) is 1. The molecule has 5 nitrogen and oxygen atoms in total. The third-order valence-corrected chi connectivity index (χ3v) is 2.03. The van der Waals surface area contributed by atoms with Crippen molar-refractivity contribution in [3.63, 3.8) is 0 Å². The second kappa shape index (κ2) is 12.0. The van der Waals surface area contributed by atoms with E-state index in [0.717, 1.165) is 19.6 Å². The molecule has 1 rings (SSSR count). The van der Waals surface area contributed by atoms with E-state index in [2.05, 4.69) is 22.6 Å². The van der Waals surface area contributed by atoms with Crippen LogP contribution in [0.1, 0.15) is 12.8 Å². The Bertz CT molecular complexity index is 136. The van der Waals surface area contributed by atoms with Gasteiger partial charge in [0.15, 0.2) is 6.29 Å². The zero-order valence-electron chi connectivity index (χ0n) is 8.07. The number of carbonyl (C=O) groups is 1. The van der Waals surface area contributed by atoms with E-state index in [-0.39, 0.29) is 35.8 Å². The maximum Gasteiger partial charge on any atom is 1.00 e. The van der Waals surface area contributed by atoms with E-state index in [0.29, 0.717) is 0 Å². The van der Waals surface area contributed by atoms with Crippen LogP contribution < -0.4 is 34.7 Å². The molecule has 7 heteroatoms. The molecule has 0 aromatic carbocycles. The zero-order chi connectivity index (χ0) is 10.1. The van der Waals surface area contributed by atoms with E-state index in [1.165, 1.54) is 10.8 Å². The van der Waals surface area contributed by atoms with E-state index in [4.69, 9.17) is 24.5 Å². The summed E-state index contributed by atoms with van der Waals surface area (Å²) in [6.07, 6.45) is 0.286. The number of carboxylic acid groups (broad SMARTS) is 2. The monoisotopic (exact) mass is 326 g/mol. The Morgan fingerprint density at radius 2 is 1.93 bits per heavy atom. The quantitative estimate of drug-likeness (QED) is 0.351. The van der Waals surface area contributed by atoms with Gasteiger partial charge in [0.1, 0.15) is 0 Å². The van der Waals surface area contributed by atoms with Crippen LogP contribution in [0.3, 0.4) is 0 Å². The number of hydrogen-bond acceptors (Lipinski definition) is 4. The molecule has 0 atom stereocenters. The minimum Gasteiger partial charge on any atom is -0.565 e. The predicted molar refractivity (Wildman–Crippen MR) is 51.8 cm³/mol. The van der Waals surface area contributed by atoms with Crippen molar-refractivity contribution in [2.24, 2.45) is 0 Å². The van der Waals surface area contributed by atoms with Gasteiger partial charge in [0.25, 0.3) is 0 Å². The molecular weight excluding hydrogens is 314 g/mol. The van der Waals surface area contributed by atoms with Crippen molar-refractivity contribution in [1.82, 2.24) is 0 Å². The van der Waals surface area contributed by atoms with Crippen molar-refractivity contribution in [1.29, 1.82) is 0 Å². The van der Waals surface area contributed by atoms with Gasteiger partial charge < -0.3 is 24.5 Å². The molecule has 0 radical (unpaired) electrons. The van der Waals surface area contributed by atoms with Crippen LogP contribution in [0.25, 0.3) is 0 Å². The van der Waals surface area contributed by atoms with Crippen LogP contribution in [0, 0.1) is 0 Å². The first-order chi connectivity index (χ1) is 6.16. The van der Waals surface area contributed by atoms with Gasteiger partial charge in [-0.15, -0.1) is 0 Å². The first-order valence-electron chi connectivity index (χ1n) is 3.86. The Morgan fingerprint density at radius 1 is 1.50 bits per heavy atom. The van der Waals surface area contributed by atoms with Gasteiger partial charge in [-0.1, -0.05) is 22.6 Å². The molecule has 0 aromatic rings. The molecule has 1 aliphatic rings. The van der Waals surface area contributed by atoms with Gasteiger partial charge in [-0.3, -0.25) is 0 Å². The maximum absolute atomic E-state index is 8.44. The topological polar surface area (TPSA) is 78.8 Å². The fourth-order valence-corrected chi connectivity index (χ4v) is 1.26. The van der Waals surface area contributed by atoms with E-state index >= 15 is 0 Å². The largest absolute Gasteiger partial charge is 1.00 e. The van der Waals surface area contributed by atoms with Gasteiger partial charge in [-0.25, -0.2) is 0 Å². The van der Waals surface area contributed by atoms with Gasteiger partial charge in [0.2, 0.25) is 6.16 Å². The Balaban J connectivity index is 0. The fraction of sp³-hybridized carbons (Fsp3) is 0.857. The first kappa shape index (κ1) is 17.3. The van der Waals surface area contributed by atoms with Crippen LogP contribution >= 0.6 is 22.6 Å². The molecule has 0 bridgehead atoms. The second-order valence-electron chi connectivity index (χ2n) is 2.27. The molecule has 1 fully saturated rings. The van der Waals surface area contributed by atoms with E-state index in [9.17, 15) is 0 Å². The van der Waals surface area contributed by atoms with Crippen LogP contribution in [-0.4, -0.2) is 35.2 Å². The molecule has 78 valence electrons. The van der Waals surface area contributed by atoms with Gasteiger partial charge >= 0.3 is 29.6 Å². The van der Waals surface area contributed by atoms with Gasteiger partial charge in [0.05, 0.1) is 13.2 Å². The van der Waals surface area contributed by atoms with E-state index in [1.807, 2.05) is 0 Å². The van der Waals surface area contributed by atoms with Crippen LogP contribution in [0.2, 0.25) is 0 Å². The Hall–Kier alpha value is 0.920. The molecule has 0 saturated carbocycles. The van der Waals surface area contributed by atoms with Crippen molar-refractivity contribution in [2.75, 3.05) is 17.6 Å². The molecule has 1 heterocycles. The minimum absolute atomic E-state index is 0. The maximum atomic E-state index is 8.44. The summed E-state index contributed by atoms with van der Waals surface area (Å²) < 4.78 is 11.7. The standard InChI is InChI=1S/C6H11IO2.CH2O3.Na/c7-3-1-2-6-8-4-5-9-6;2-1(3)4;/h6H,1-5H2;(H2,2,3,4);/q;;+1/p-1. The summed E-state index contributed by atoms with van der Waals surface area (Å²) in [5.74, 6) is 0. The molecule has 0 aromatic heterocycles. The van der Waals surface area contributed by atoms with Crippen molar-refractivity contribution in [2.45, 2.75) is 19.1 Å². The van der Waals surface area contributed by atoms with Crippen LogP contribution in [-0.2, 0) is 9.47 Å². The number of alkyl halides is 1. The normalized spacial score (nSPS) is 15.2. The zero-order valence-corrected chi connectivity index (χ0v) is 12.2. The Morgan fingerprint density at radius 3 is 2.29 bits per heavy atom. The van der Waals surface area contributed by atoms with Crippen molar-refractivity contribution in [3.05, 3.63) is 0 Å². The average Bonchev–Trinajstić information content (AvgIpc) is 2.51. The third-order valence-electron chi connectivity index (χ3n) is 1.26. The van der Waals surface area contributed by atoms with Gasteiger partial charge in [0, 0.05) is 0 Å². The van der Waals surface area contributed by atoms with Gasteiger partial charge in [-0.2, -0.15) is 0 Å². The van der Waals surface area contributed by atoms with Crippen molar-refractivity contribution < 1.29 is 54.0 Å². The summed E-state index contributed by atoms with van der Waals surface area (Å²) in [7, 11) is 0. The summed E-state index contributed by atoms with van der Waals surface area (Å²) in [4.78, 5) is 8.44. The van der Waals surface area contributed by atoms with Crippen LogP contribution in [0.15, 0.2) is 0 Å². The van der Waals surface area contributed by atoms with Gasteiger partial charge in [-0.05, 0) is 17.3 Å². The fourth-order valence-electron chi connectivity index (χ4n) is 0.818. The van der Waals surface area contributed by atoms with Crippen LogP contribution in [0.4, 0.5) is 4.79 Å². The summed E-state index contributed by atoms with van der Waals surface area (Å²) in [6.45, 7) is 1.57. The smallest absolute Gasteiger partial charge is 0.565 e. The molecule has 0 unspecified atom stereocenters. The summed E-state index contributed by atoms with van der Waals surface area (Å²) in [6, 6.07) is 0. The SMILES string of the molecule is ICCCC1OCCO1.O=C([O-])O.[Na+]. The van der Waals surface area contributed by atoms with E-state index < -0.39 is 6.16 Å². The molecule has 1 aliphatic heterocycles. The van der Waals surface area contributed by atoms with Crippen molar-refractivity contribution >= 4 is 28.7 Å². The molecular formula is C7H12INaO5. The number of halogens is 1. The molecule has 0 spiro atoms. The molecule has 14 heavy (non-hydrogen) atoms. The second-order valence-corrected chi connectivity index (χ2v) is 3.35. The first-order valence-corrected chi connectivity index (χ1v) is 5.38. The molecule has 1 N–H and O–H groups in total. The summed E-state index contributed by atoms with van der Waals surface area (Å²) in [5.41, 5.74) is 0. The summed E-state index contributed by atoms with van der Waals surface area (Å²) in [5, 5.41) is 15.3. The van der Waals surface area contributed by atoms with Crippen molar-refractivity contribution in [3.8, 4) is 0 Å². The average molecular weight is 326 g/mol. The summed E-state index contributed by atoms with van der Waals surface area (Å²) >= 11 is 2.36. The number of rotatable bonds is 3. The third kappa shape index (κ3) is 12.9. The van der Waals surface area contributed by atoms with Crippen LogP contribution in [0.5, 0.6) is 0 Å². The Labute approximate surface area is 119 Å².